The average Bonchev–Trinajstić information content (AvgIpc) is 3.10. The molecule has 5 N–H and O–H groups in total. The third kappa shape index (κ3) is 5.12. The number of aryl methyl sites for hydroxylation is 1. The molecule has 1 saturated heterocycles. The van der Waals surface area contributed by atoms with Crippen LogP contribution in [0.1, 0.15) is 31.2 Å². The van der Waals surface area contributed by atoms with E-state index in [1.54, 1.807) is 30.2 Å². The van der Waals surface area contributed by atoms with Gasteiger partial charge in [0.15, 0.2) is 6.23 Å². The van der Waals surface area contributed by atoms with Gasteiger partial charge in [-0.2, -0.15) is 0 Å². The van der Waals surface area contributed by atoms with Gasteiger partial charge in [0.05, 0.1) is 17.7 Å². The minimum absolute atomic E-state index is 0.474. The molecule has 5 atom stereocenters. The Balaban J connectivity index is 1.68. The molecule has 1 fully saturated rings. The average molecular weight is 474 g/mol. The van der Waals surface area contributed by atoms with Crippen molar-refractivity contribution in [2.45, 2.75) is 73.2 Å². The summed E-state index contributed by atoms with van der Waals surface area (Å²) in [6.07, 6.45) is -3.72. The molecule has 7 nitrogen and oxygen atoms in total. The molecule has 1 aliphatic rings. The van der Waals surface area contributed by atoms with E-state index >= 15 is 0 Å². The standard InChI is InChI=1S/C25H31NO6S/c1-14-4-9-17-18(10-14)26(24-23(30)22(29)21(28)19(13-27)32-24)12-20(17)33-16-7-5-15(6-8-16)11-25(2,3)31/h4-10,12,19,21-24,27-31H,11,13H2,1-3H3/t19-,21-,22+,23-,24-/m1/s1. The SMILES string of the molecule is Cc1ccc2c(Sc3ccc(CC(C)(C)O)cc3)cn([C@@H]3O[C@H](CO)[C@@H](O)[C@H](O)[C@H]3O)c2c1. The summed E-state index contributed by atoms with van der Waals surface area (Å²) in [7, 11) is 0. The highest BCUT2D eigenvalue weighted by molar-refractivity contribution is 7.99. The van der Waals surface area contributed by atoms with E-state index in [1.165, 1.54) is 0 Å². The van der Waals surface area contributed by atoms with Gasteiger partial charge in [0, 0.05) is 27.8 Å². The van der Waals surface area contributed by atoms with E-state index in [2.05, 4.69) is 0 Å². The Kier molecular flexibility index (Phi) is 6.89. The number of rotatable bonds is 6. The van der Waals surface area contributed by atoms with Gasteiger partial charge in [-0.3, -0.25) is 0 Å². The van der Waals surface area contributed by atoms with Crippen LogP contribution in [0.2, 0.25) is 0 Å². The zero-order chi connectivity index (χ0) is 23.9. The number of aliphatic hydroxyl groups is 5. The molecule has 0 radical (unpaired) electrons. The van der Waals surface area contributed by atoms with Gasteiger partial charge < -0.3 is 34.8 Å². The summed E-state index contributed by atoms with van der Waals surface area (Å²) < 4.78 is 7.57. The van der Waals surface area contributed by atoms with Gasteiger partial charge >= 0.3 is 0 Å². The van der Waals surface area contributed by atoms with E-state index in [0.717, 1.165) is 31.8 Å². The van der Waals surface area contributed by atoms with Crippen LogP contribution >= 0.6 is 11.8 Å². The maximum atomic E-state index is 10.7. The number of hydrogen-bond donors (Lipinski definition) is 5. The molecular formula is C25H31NO6S. The Bertz CT molecular complexity index is 1100. The zero-order valence-corrected chi connectivity index (χ0v) is 19.7. The Labute approximate surface area is 197 Å². The number of hydrogen-bond acceptors (Lipinski definition) is 7. The van der Waals surface area contributed by atoms with Gasteiger partial charge in [-0.15, -0.1) is 0 Å². The lowest BCUT2D eigenvalue weighted by atomic mass is 9.98. The second kappa shape index (κ2) is 9.38. The molecule has 3 aromatic rings. The van der Waals surface area contributed by atoms with Gasteiger partial charge in [-0.05, 0) is 50.1 Å². The van der Waals surface area contributed by atoms with Crippen LogP contribution in [0.5, 0.6) is 0 Å². The molecule has 8 heteroatoms. The molecule has 178 valence electrons. The van der Waals surface area contributed by atoms with Crippen LogP contribution in [0, 0.1) is 6.92 Å². The van der Waals surface area contributed by atoms with Crippen LogP contribution in [-0.2, 0) is 11.2 Å². The Morgan fingerprint density at radius 3 is 2.33 bits per heavy atom. The Morgan fingerprint density at radius 1 is 1.00 bits per heavy atom. The molecular weight excluding hydrogens is 442 g/mol. The van der Waals surface area contributed by atoms with Crippen molar-refractivity contribution in [3.8, 4) is 0 Å². The normalized spacial score (nSPS) is 26.1. The molecule has 33 heavy (non-hydrogen) atoms. The predicted octanol–water partition coefficient (Wildman–Crippen LogP) is 2.39. The first-order chi connectivity index (χ1) is 15.6. The quantitative estimate of drug-likeness (QED) is 0.373. The van der Waals surface area contributed by atoms with Crippen molar-refractivity contribution in [3.63, 3.8) is 0 Å². The fourth-order valence-electron chi connectivity index (χ4n) is 4.23. The molecule has 1 aromatic heterocycles. The van der Waals surface area contributed by atoms with Crippen LogP contribution in [0.15, 0.2) is 58.5 Å². The lowest BCUT2D eigenvalue weighted by molar-refractivity contribution is -0.250. The smallest absolute Gasteiger partial charge is 0.163 e. The summed E-state index contributed by atoms with van der Waals surface area (Å²) in [5.41, 5.74) is 2.12. The highest BCUT2D eigenvalue weighted by Crippen LogP contribution is 2.39. The summed E-state index contributed by atoms with van der Waals surface area (Å²) in [6, 6.07) is 14.0. The van der Waals surface area contributed by atoms with Crippen molar-refractivity contribution >= 4 is 22.7 Å². The van der Waals surface area contributed by atoms with Gasteiger partial charge in [0.2, 0.25) is 0 Å². The maximum absolute atomic E-state index is 10.7. The highest BCUT2D eigenvalue weighted by atomic mass is 32.2. The van der Waals surface area contributed by atoms with Crippen LogP contribution in [0.4, 0.5) is 0 Å². The minimum atomic E-state index is -1.44. The maximum Gasteiger partial charge on any atom is 0.163 e. The number of benzene rings is 2. The highest BCUT2D eigenvalue weighted by Gasteiger charge is 2.44. The number of aliphatic hydroxyl groups excluding tert-OH is 4. The number of fused-ring (bicyclic) bond motifs is 1. The van der Waals surface area contributed by atoms with Crippen molar-refractivity contribution < 1.29 is 30.3 Å². The van der Waals surface area contributed by atoms with Crippen molar-refractivity contribution in [1.82, 2.24) is 4.57 Å². The number of ether oxygens (including phenoxy) is 1. The van der Waals surface area contributed by atoms with E-state index in [4.69, 9.17) is 4.74 Å². The van der Waals surface area contributed by atoms with Crippen LogP contribution < -0.4 is 0 Å². The Hall–Kier alpha value is -1.91. The third-order valence-electron chi connectivity index (χ3n) is 5.88. The van der Waals surface area contributed by atoms with Crippen molar-refractivity contribution in [1.29, 1.82) is 0 Å². The summed E-state index contributed by atoms with van der Waals surface area (Å²) in [5.74, 6) is 0. The van der Waals surface area contributed by atoms with Crippen molar-refractivity contribution in [2.75, 3.05) is 6.61 Å². The van der Waals surface area contributed by atoms with Gasteiger partial charge in [-0.25, -0.2) is 0 Å². The van der Waals surface area contributed by atoms with E-state index in [9.17, 15) is 25.5 Å². The molecule has 2 aromatic carbocycles. The van der Waals surface area contributed by atoms with Gasteiger partial charge in [0.1, 0.15) is 24.4 Å². The van der Waals surface area contributed by atoms with E-state index in [-0.39, 0.29) is 0 Å². The molecule has 0 saturated carbocycles. The zero-order valence-electron chi connectivity index (χ0n) is 18.9. The largest absolute Gasteiger partial charge is 0.394 e. The van der Waals surface area contributed by atoms with Gasteiger partial charge in [-0.1, -0.05) is 36.0 Å². The van der Waals surface area contributed by atoms with Crippen molar-refractivity contribution in [3.05, 3.63) is 59.8 Å². The summed E-state index contributed by atoms with van der Waals surface area (Å²) in [5, 5.41) is 51.7. The molecule has 0 bridgehead atoms. The topological polar surface area (TPSA) is 115 Å². The van der Waals surface area contributed by atoms with Crippen molar-refractivity contribution in [2.24, 2.45) is 0 Å². The number of nitrogens with zero attached hydrogens (tertiary/aromatic N) is 1. The Morgan fingerprint density at radius 2 is 1.70 bits per heavy atom. The van der Waals surface area contributed by atoms with E-state index < -0.39 is 42.9 Å². The lowest BCUT2D eigenvalue weighted by Crippen LogP contribution is -2.56. The molecule has 0 unspecified atom stereocenters. The molecule has 4 rings (SSSR count). The fraction of sp³-hybridized carbons (Fsp3) is 0.440. The third-order valence-corrected chi connectivity index (χ3v) is 6.94. The van der Waals surface area contributed by atoms with Gasteiger partial charge in [0.25, 0.3) is 0 Å². The molecule has 1 aliphatic heterocycles. The first-order valence-corrected chi connectivity index (χ1v) is 11.8. The predicted molar refractivity (Wildman–Crippen MR) is 126 cm³/mol. The second-order valence-electron chi connectivity index (χ2n) is 9.38. The molecule has 0 aliphatic carbocycles. The molecule has 2 heterocycles. The van der Waals surface area contributed by atoms with Crippen LogP contribution in [0.3, 0.4) is 0 Å². The molecule has 0 spiro atoms. The van der Waals surface area contributed by atoms with Crippen LogP contribution in [-0.4, -0.2) is 66.7 Å². The summed E-state index contributed by atoms with van der Waals surface area (Å²) in [6.45, 7) is 5.06. The summed E-state index contributed by atoms with van der Waals surface area (Å²) >= 11 is 1.56. The first kappa shape index (κ1) is 24.2. The second-order valence-corrected chi connectivity index (χ2v) is 10.5. The fourth-order valence-corrected chi connectivity index (χ4v) is 5.21. The lowest BCUT2D eigenvalue weighted by Gasteiger charge is -2.40. The number of aromatic nitrogens is 1. The van der Waals surface area contributed by atoms with E-state index in [1.807, 2.05) is 55.6 Å². The molecule has 0 amide bonds. The van der Waals surface area contributed by atoms with Crippen LogP contribution in [0.25, 0.3) is 10.9 Å². The minimum Gasteiger partial charge on any atom is -0.394 e. The monoisotopic (exact) mass is 473 g/mol. The van der Waals surface area contributed by atoms with E-state index in [0.29, 0.717) is 6.42 Å². The summed E-state index contributed by atoms with van der Waals surface area (Å²) in [4.78, 5) is 1.96. The first-order valence-electron chi connectivity index (χ1n) is 11.0.